The Labute approximate surface area is 174 Å². The number of ether oxygens (including phenoxy) is 3. The summed E-state index contributed by atoms with van der Waals surface area (Å²) in [5.41, 5.74) is 2.29. The predicted molar refractivity (Wildman–Crippen MR) is 107 cm³/mol. The van der Waals surface area contributed by atoms with Crippen LogP contribution in [0.4, 0.5) is 0 Å². The highest BCUT2D eigenvalue weighted by Gasteiger charge is 2.36. The first-order valence-electron chi connectivity index (χ1n) is 10.0. The van der Waals surface area contributed by atoms with Crippen molar-refractivity contribution in [2.75, 3.05) is 19.9 Å². The third-order valence-corrected chi connectivity index (χ3v) is 5.38. The minimum Gasteiger partial charge on any atom is -0.461 e. The molecule has 0 saturated heterocycles. The Balaban J connectivity index is 1.56. The molecule has 0 bridgehead atoms. The van der Waals surface area contributed by atoms with Crippen LogP contribution in [0.5, 0.6) is 11.5 Å². The molecule has 1 fully saturated rings. The van der Waals surface area contributed by atoms with Crippen molar-refractivity contribution in [2.45, 2.75) is 39.7 Å². The first-order valence-corrected chi connectivity index (χ1v) is 10.0. The molecule has 2 heterocycles. The molecule has 8 nitrogen and oxygen atoms in total. The number of esters is 1. The van der Waals surface area contributed by atoms with Gasteiger partial charge in [-0.05, 0) is 57.4 Å². The summed E-state index contributed by atoms with van der Waals surface area (Å²) in [5, 5.41) is 0. The van der Waals surface area contributed by atoms with E-state index in [1.807, 2.05) is 0 Å². The number of aryl methyl sites for hydroxylation is 1. The lowest BCUT2D eigenvalue weighted by Gasteiger charge is -2.22. The molecule has 0 radical (unpaired) electrons. The first-order chi connectivity index (χ1) is 14.4. The van der Waals surface area contributed by atoms with E-state index < -0.39 is 5.97 Å². The van der Waals surface area contributed by atoms with Crippen molar-refractivity contribution in [3.63, 3.8) is 0 Å². The molecule has 1 aromatic carbocycles. The second-order valence-corrected chi connectivity index (χ2v) is 7.50. The number of nitrogens with zero attached hydrogens (tertiary/aromatic N) is 1. The average Bonchev–Trinajstić information content (AvgIpc) is 3.37. The van der Waals surface area contributed by atoms with E-state index in [0.29, 0.717) is 33.9 Å². The number of hydrogen-bond acceptors (Lipinski definition) is 6. The van der Waals surface area contributed by atoms with E-state index in [-0.39, 0.29) is 43.4 Å². The van der Waals surface area contributed by atoms with Gasteiger partial charge in [0.1, 0.15) is 5.69 Å². The number of hydrogen-bond donors (Lipinski definition) is 1. The number of nitrogens with one attached hydrogen (secondary N) is 1. The number of H-pyrrole nitrogens is 1. The van der Waals surface area contributed by atoms with Gasteiger partial charge in [0.2, 0.25) is 6.79 Å². The maximum atomic E-state index is 13.2. The Morgan fingerprint density at radius 2 is 1.90 bits per heavy atom. The van der Waals surface area contributed by atoms with Crippen molar-refractivity contribution in [3.8, 4) is 11.5 Å². The summed E-state index contributed by atoms with van der Waals surface area (Å²) >= 11 is 0. The van der Waals surface area contributed by atoms with Crippen LogP contribution in [-0.4, -0.2) is 53.5 Å². The third kappa shape index (κ3) is 3.65. The normalized spacial score (nSPS) is 14.5. The lowest BCUT2D eigenvalue weighted by molar-refractivity contribution is 0.0519. The largest absolute Gasteiger partial charge is 0.461 e. The molecule has 1 amide bonds. The molecule has 8 heteroatoms. The van der Waals surface area contributed by atoms with Gasteiger partial charge in [0.15, 0.2) is 17.3 Å². The van der Waals surface area contributed by atoms with Crippen molar-refractivity contribution in [2.24, 2.45) is 0 Å². The Bertz CT molecular complexity index is 1020. The molecule has 1 saturated carbocycles. The van der Waals surface area contributed by atoms with E-state index in [9.17, 15) is 14.4 Å². The van der Waals surface area contributed by atoms with Crippen LogP contribution in [0.2, 0.25) is 0 Å². The average molecular weight is 412 g/mol. The molecule has 1 aliphatic heterocycles. The van der Waals surface area contributed by atoms with Crippen molar-refractivity contribution in [3.05, 3.63) is 46.3 Å². The molecule has 0 unspecified atom stereocenters. The highest BCUT2D eigenvalue weighted by molar-refractivity contribution is 6.06. The number of rotatable bonds is 7. The Morgan fingerprint density at radius 1 is 1.17 bits per heavy atom. The van der Waals surface area contributed by atoms with E-state index in [1.165, 1.54) is 0 Å². The zero-order valence-corrected chi connectivity index (χ0v) is 17.2. The number of ketones is 1. The van der Waals surface area contributed by atoms with Gasteiger partial charge in [-0.1, -0.05) is 0 Å². The number of Topliss-reactive ketones (excluding diaryl/α,β-unsaturated/α-hetero) is 1. The molecule has 4 rings (SSSR count). The van der Waals surface area contributed by atoms with Gasteiger partial charge >= 0.3 is 5.97 Å². The summed E-state index contributed by atoms with van der Waals surface area (Å²) < 4.78 is 15.7. The van der Waals surface area contributed by atoms with E-state index in [0.717, 1.165) is 12.8 Å². The predicted octanol–water partition coefficient (Wildman–Crippen LogP) is 3.02. The summed E-state index contributed by atoms with van der Waals surface area (Å²) in [6.07, 6.45) is 1.73. The second-order valence-electron chi connectivity index (χ2n) is 7.50. The van der Waals surface area contributed by atoms with Crippen LogP contribution in [0.25, 0.3) is 0 Å². The number of aromatic amines is 1. The number of aromatic nitrogens is 1. The summed E-state index contributed by atoms with van der Waals surface area (Å²) in [6, 6.07) is 5.07. The number of fused-ring (bicyclic) bond motifs is 1. The van der Waals surface area contributed by atoms with Gasteiger partial charge in [-0.2, -0.15) is 0 Å². The molecule has 0 atom stereocenters. The Kier molecular flexibility index (Phi) is 5.24. The molecular formula is C22H24N2O6. The van der Waals surface area contributed by atoms with Crippen molar-refractivity contribution in [1.29, 1.82) is 0 Å². The van der Waals surface area contributed by atoms with Gasteiger partial charge in [0.05, 0.1) is 13.2 Å². The molecule has 1 aliphatic carbocycles. The highest BCUT2D eigenvalue weighted by Crippen LogP contribution is 2.34. The van der Waals surface area contributed by atoms with E-state index >= 15 is 0 Å². The topological polar surface area (TPSA) is 97.9 Å². The standard InChI is InChI=1S/C22H24N2O6/c1-4-28-22(27)20-12(2)19(13(3)23-20)16(25)10-24(15-6-7-15)21(26)14-5-8-17-18(9-14)30-11-29-17/h5,8-9,15,23H,4,6-7,10-11H2,1-3H3. The fourth-order valence-electron chi connectivity index (χ4n) is 3.76. The SMILES string of the molecule is CCOC(=O)c1[nH]c(C)c(C(=O)CN(C(=O)c2ccc3c(c2)OCO3)C2CC2)c1C. The Hall–Kier alpha value is -3.29. The zero-order chi connectivity index (χ0) is 21.4. The lowest BCUT2D eigenvalue weighted by Crippen LogP contribution is -2.37. The minimum absolute atomic E-state index is 0.0379. The minimum atomic E-state index is -0.493. The summed E-state index contributed by atoms with van der Waals surface area (Å²) in [6.45, 7) is 5.50. The first kappa shape index (κ1) is 20.0. The van der Waals surface area contributed by atoms with E-state index in [2.05, 4.69) is 4.98 Å². The van der Waals surface area contributed by atoms with E-state index in [4.69, 9.17) is 14.2 Å². The van der Waals surface area contributed by atoms with Gasteiger partial charge in [0.25, 0.3) is 5.91 Å². The molecule has 2 aliphatic rings. The van der Waals surface area contributed by atoms with Crippen molar-refractivity contribution in [1.82, 2.24) is 9.88 Å². The molecule has 1 N–H and O–H groups in total. The highest BCUT2D eigenvalue weighted by atomic mass is 16.7. The molecule has 158 valence electrons. The second kappa shape index (κ2) is 7.85. The van der Waals surface area contributed by atoms with Crippen LogP contribution >= 0.6 is 0 Å². The number of benzene rings is 1. The molecule has 30 heavy (non-hydrogen) atoms. The van der Waals surface area contributed by atoms with Crippen LogP contribution in [0.3, 0.4) is 0 Å². The summed E-state index contributed by atoms with van der Waals surface area (Å²) in [7, 11) is 0. The fraction of sp³-hybridized carbons (Fsp3) is 0.409. The Morgan fingerprint density at radius 3 is 2.60 bits per heavy atom. The van der Waals surface area contributed by atoms with Gasteiger partial charge in [-0.25, -0.2) is 4.79 Å². The van der Waals surface area contributed by atoms with E-state index in [1.54, 1.807) is 43.9 Å². The van der Waals surface area contributed by atoms with Crippen LogP contribution in [0.15, 0.2) is 18.2 Å². The van der Waals surface area contributed by atoms with Gasteiger partial charge in [0, 0.05) is 22.9 Å². The third-order valence-electron chi connectivity index (χ3n) is 5.38. The molecule has 0 spiro atoms. The number of amides is 1. The molecular weight excluding hydrogens is 388 g/mol. The summed E-state index contributed by atoms with van der Waals surface area (Å²) in [5.74, 6) is 0.205. The quantitative estimate of drug-likeness (QED) is 0.555. The van der Waals surface area contributed by atoms with Gasteiger partial charge < -0.3 is 24.1 Å². The van der Waals surface area contributed by atoms with Crippen LogP contribution < -0.4 is 9.47 Å². The van der Waals surface area contributed by atoms with Crippen LogP contribution in [0.1, 0.15) is 62.2 Å². The van der Waals surface area contributed by atoms with Crippen molar-refractivity contribution >= 4 is 17.7 Å². The fourth-order valence-corrected chi connectivity index (χ4v) is 3.76. The maximum absolute atomic E-state index is 13.2. The number of carbonyl (C=O) groups excluding carboxylic acids is 3. The van der Waals surface area contributed by atoms with Gasteiger partial charge in [-0.15, -0.1) is 0 Å². The monoisotopic (exact) mass is 412 g/mol. The summed E-state index contributed by atoms with van der Waals surface area (Å²) in [4.78, 5) is 43.0. The molecule has 1 aromatic heterocycles. The number of carbonyl (C=O) groups is 3. The smallest absolute Gasteiger partial charge is 0.355 e. The van der Waals surface area contributed by atoms with Crippen LogP contribution in [0, 0.1) is 13.8 Å². The van der Waals surface area contributed by atoms with Crippen LogP contribution in [-0.2, 0) is 4.74 Å². The maximum Gasteiger partial charge on any atom is 0.355 e. The van der Waals surface area contributed by atoms with Crippen molar-refractivity contribution < 1.29 is 28.6 Å². The van der Waals surface area contributed by atoms with Gasteiger partial charge in [-0.3, -0.25) is 9.59 Å². The molecule has 2 aromatic rings. The zero-order valence-electron chi connectivity index (χ0n) is 17.2. The lowest BCUT2D eigenvalue weighted by atomic mass is 10.0.